The molecule has 2 heteroatoms. The predicted octanol–water partition coefficient (Wildman–Crippen LogP) is 3.43. The molecule has 0 unspecified atom stereocenters. The minimum Gasteiger partial charge on any atom is -0.426 e. The van der Waals surface area contributed by atoms with Crippen molar-refractivity contribution >= 4 is 5.97 Å². The van der Waals surface area contributed by atoms with Crippen molar-refractivity contribution < 1.29 is 9.53 Å². The van der Waals surface area contributed by atoms with Gasteiger partial charge in [-0.05, 0) is 24.5 Å². The molecule has 0 aliphatic rings. The van der Waals surface area contributed by atoms with Gasteiger partial charge in [0.15, 0.2) is 0 Å². The van der Waals surface area contributed by atoms with Gasteiger partial charge < -0.3 is 4.74 Å². The van der Waals surface area contributed by atoms with Gasteiger partial charge in [0.1, 0.15) is 5.75 Å². The molecule has 82 valence electrons. The molecule has 2 nitrogen and oxygen atoms in total. The Labute approximate surface area is 91.3 Å². The molecular weight excluding hydrogens is 188 g/mol. The fourth-order valence-electron chi connectivity index (χ4n) is 1.41. The average Bonchev–Trinajstić information content (AvgIpc) is 2.20. The Balaban J connectivity index is 3.00. The summed E-state index contributed by atoms with van der Waals surface area (Å²) in [6.45, 7) is 8.03. The van der Waals surface area contributed by atoms with E-state index >= 15 is 0 Å². The minimum atomic E-state index is -0.180. The van der Waals surface area contributed by atoms with Crippen LogP contribution in [0.4, 0.5) is 0 Å². The number of rotatable bonds is 3. The van der Waals surface area contributed by atoms with Crippen molar-refractivity contribution in [3.63, 3.8) is 0 Å². The molecule has 0 radical (unpaired) electrons. The van der Waals surface area contributed by atoms with Gasteiger partial charge in [0.25, 0.3) is 0 Å². The fourth-order valence-corrected chi connectivity index (χ4v) is 1.41. The molecule has 0 aromatic heterocycles. The van der Waals surface area contributed by atoms with Crippen molar-refractivity contribution in [2.45, 2.75) is 40.0 Å². The van der Waals surface area contributed by atoms with Gasteiger partial charge in [0, 0.05) is 6.42 Å². The van der Waals surface area contributed by atoms with Gasteiger partial charge in [0.2, 0.25) is 0 Å². The average molecular weight is 206 g/mol. The lowest BCUT2D eigenvalue weighted by molar-refractivity contribution is -0.134. The van der Waals surface area contributed by atoms with Crippen LogP contribution in [0, 0.1) is 6.92 Å². The van der Waals surface area contributed by atoms with E-state index in [0.717, 1.165) is 5.56 Å². The largest absolute Gasteiger partial charge is 0.426 e. The highest BCUT2D eigenvalue weighted by Gasteiger charge is 2.10. The number of hydrogen-bond acceptors (Lipinski definition) is 2. The van der Waals surface area contributed by atoms with Crippen molar-refractivity contribution in [3.05, 3.63) is 29.3 Å². The molecule has 15 heavy (non-hydrogen) atoms. The quantitative estimate of drug-likeness (QED) is 0.559. The first kappa shape index (κ1) is 11.8. The maximum absolute atomic E-state index is 11.2. The number of aryl methyl sites for hydroxylation is 1. The molecule has 0 aliphatic heterocycles. The molecular formula is C13H18O2. The lowest BCUT2D eigenvalue weighted by Gasteiger charge is -2.13. The normalized spacial score (nSPS) is 10.5. The zero-order valence-electron chi connectivity index (χ0n) is 9.83. The van der Waals surface area contributed by atoms with Crippen LogP contribution in [0.1, 0.15) is 44.2 Å². The molecule has 0 fully saturated rings. The third-order valence-electron chi connectivity index (χ3n) is 2.30. The molecule has 1 aromatic rings. The second-order valence-corrected chi connectivity index (χ2v) is 4.02. The standard InChI is InChI=1S/C13H18O2/c1-5-13(14)15-12-7-6-10(4)8-11(12)9(2)3/h6-9H,5H2,1-4H3. The SMILES string of the molecule is CCC(=O)Oc1ccc(C)cc1C(C)C. The molecule has 0 N–H and O–H groups in total. The molecule has 0 bridgehead atoms. The summed E-state index contributed by atoms with van der Waals surface area (Å²) in [4.78, 5) is 11.2. The number of esters is 1. The van der Waals surface area contributed by atoms with E-state index in [9.17, 15) is 4.79 Å². The number of carbonyl (C=O) groups excluding carboxylic acids is 1. The zero-order chi connectivity index (χ0) is 11.4. The van der Waals surface area contributed by atoms with E-state index in [1.807, 2.05) is 19.1 Å². The number of carbonyl (C=O) groups is 1. The predicted molar refractivity (Wildman–Crippen MR) is 61.2 cm³/mol. The van der Waals surface area contributed by atoms with E-state index < -0.39 is 0 Å². The van der Waals surface area contributed by atoms with Gasteiger partial charge >= 0.3 is 5.97 Å². The van der Waals surface area contributed by atoms with E-state index in [2.05, 4.69) is 19.9 Å². The van der Waals surface area contributed by atoms with Crippen LogP contribution in [0.5, 0.6) is 5.75 Å². The van der Waals surface area contributed by atoms with E-state index in [-0.39, 0.29) is 5.97 Å². The third-order valence-corrected chi connectivity index (χ3v) is 2.30. The Kier molecular flexibility index (Phi) is 3.89. The highest BCUT2D eigenvalue weighted by atomic mass is 16.5. The maximum atomic E-state index is 11.2. The van der Waals surface area contributed by atoms with Gasteiger partial charge in [0.05, 0.1) is 0 Å². The van der Waals surface area contributed by atoms with E-state index in [4.69, 9.17) is 4.74 Å². The van der Waals surface area contributed by atoms with Crippen molar-refractivity contribution in [2.24, 2.45) is 0 Å². The first-order valence-electron chi connectivity index (χ1n) is 5.35. The van der Waals surface area contributed by atoms with E-state index in [1.165, 1.54) is 5.56 Å². The third kappa shape index (κ3) is 3.08. The van der Waals surface area contributed by atoms with Crippen LogP contribution in [0.25, 0.3) is 0 Å². The Hall–Kier alpha value is -1.31. The van der Waals surface area contributed by atoms with Gasteiger partial charge in [-0.15, -0.1) is 0 Å². The van der Waals surface area contributed by atoms with Crippen LogP contribution in [-0.4, -0.2) is 5.97 Å². The highest BCUT2D eigenvalue weighted by Crippen LogP contribution is 2.27. The maximum Gasteiger partial charge on any atom is 0.310 e. The Morgan fingerprint density at radius 1 is 1.40 bits per heavy atom. The topological polar surface area (TPSA) is 26.3 Å². The summed E-state index contributed by atoms with van der Waals surface area (Å²) in [5.74, 6) is 0.882. The minimum absolute atomic E-state index is 0.180. The summed E-state index contributed by atoms with van der Waals surface area (Å²) in [5, 5.41) is 0. The molecule has 0 saturated heterocycles. The number of benzene rings is 1. The van der Waals surface area contributed by atoms with Crippen LogP contribution in [0.2, 0.25) is 0 Å². The summed E-state index contributed by atoms with van der Waals surface area (Å²) in [6, 6.07) is 5.91. The first-order valence-corrected chi connectivity index (χ1v) is 5.35. The molecule has 0 heterocycles. The van der Waals surface area contributed by atoms with Gasteiger partial charge in [-0.2, -0.15) is 0 Å². The second kappa shape index (κ2) is 4.96. The molecule has 0 amide bonds. The Bertz CT molecular complexity index is 354. The van der Waals surface area contributed by atoms with Crippen LogP contribution >= 0.6 is 0 Å². The summed E-state index contributed by atoms with van der Waals surface area (Å²) in [6.07, 6.45) is 0.408. The summed E-state index contributed by atoms with van der Waals surface area (Å²) < 4.78 is 5.27. The lowest BCUT2D eigenvalue weighted by Crippen LogP contribution is -2.08. The summed E-state index contributed by atoms with van der Waals surface area (Å²) in [7, 11) is 0. The van der Waals surface area contributed by atoms with Crippen LogP contribution in [0.15, 0.2) is 18.2 Å². The molecule has 0 saturated carbocycles. The van der Waals surface area contributed by atoms with Crippen molar-refractivity contribution in [1.82, 2.24) is 0 Å². The molecule has 0 spiro atoms. The first-order chi connectivity index (χ1) is 7.04. The van der Waals surface area contributed by atoms with Crippen molar-refractivity contribution in [3.8, 4) is 5.75 Å². The highest BCUT2D eigenvalue weighted by molar-refractivity contribution is 5.72. The van der Waals surface area contributed by atoms with Crippen molar-refractivity contribution in [1.29, 1.82) is 0 Å². The lowest BCUT2D eigenvalue weighted by atomic mass is 10.00. The molecule has 1 rings (SSSR count). The number of hydrogen-bond donors (Lipinski definition) is 0. The monoisotopic (exact) mass is 206 g/mol. The Morgan fingerprint density at radius 2 is 2.07 bits per heavy atom. The van der Waals surface area contributed by atoms with Crippen molar-refractivity contribution in [2.75, 3.05) is 0 Å². The smallest absolute Gasteiger partial charge is 0.310 e. The van der Waals surface area contributed by atoms with Crippen LogP contribution in [-0.2, 0) is 4.79 Å². The van der Waals surface area contributed by atoms with E-state index in [1.54, 1.807) is 6.92 Å². The summed E-state index contributed by atoms with van der Waals surface area (Å²) >= 11 is 0. The Morgan fingerprint density at radius 3 is 2.60 bits per heavy atom. The van der Waals surface area contributed by atoms with Gasteiger partial charge in [-0.3, -0.25) is 4.79 Å². The van der Waals surface area contributed by atoms with Crippen LogP contribution < -0.4 is 4.74 Å². The van der Waals surface area contributed by atoms with Crippen LogP contribution in [0.3, 0.4) is 0 Å². The molecule has 1 aromatic carbocycles. The second-order valence-electron chi connectivity index (χ2n) is 4.02. The molecule has 0 atom stereocenters. The van der Waals surface area contributed by atoms with E-state index in [0.29, 0.717) is 18.1 Å². The zero-order valence-corrected chi connectivity index (χ0v) is 9.83. The van der Waals surface area contributed by atoms with Gasteiger partial charge in [-0.1, -0.05) is 38.5 Å². The summed E-state index contributed by atoms with van der Waals surface area (Å²) in [5.41, 5.74) is 2.28. The number of ether oxygens (including phenoxy) is 1. The van der Waals surface area contributed by atoms with Gasteiger partial charge in [-0.25, -0.2) is 0 Å². The fraction of sp³-hybridized carbons (Fsp3) is 0.462. The molecule has 0 aliphatic carbocycles.